The van der Waals surface area contributed by atoms with Gasteiger partial charge in [-0.3, -0.25) is 9.59 Å². The summed E-state index contributed by atoms with van der Waals surface area (Å²) in [5.41, 5.74) is 2.51. The molecule has 182 valence electrons. The number of nitrogens with zero attached hydrogens (tertiary/aromatic N) is 5. The number of nitrogens with one attached hydrogen (secondary N) is 1. The summed E-state index contributed by atoms with van der Waals surface area (Å²) in [7, 11) is 0. The maximum atomic E-state index is 13.8. The molecule has 0 saturated heterocycles. The fourth-order valence-electron chi connectivity index (χ4n) is 4.15. The number of carbonyl (C=O) groups is 1. The minimum atomic E-state index is -0.802. The Balaban J connectivity index is 1.54. The summed E-state index contributed by atoms with van der Waals surface area (Å²) < 4.78 is 4.86. The van der Waals surface area contributed by atoms with Gasteiger partial charge in [0.15, 0.2) is 5.82 Å². The fourth-order valence-corrected chi connectivity index (χ4v) is 4.55. The Hall–Kier alpha value is -4.11. The van der Waals surface area contributed by atoms with Crippen molar-refractivity contribution in [2.24, 2.45) is 0 Å². The van der Waals surface area contributed by atoms with E-state index in [0.29, 0.717) is 29.0 Å². The summed E-state index contributed by atoms with van der Waals surface area (Å²) in [5, 5.41) is 12.6. The molecule has 0 aliphatic rings. The lowest BCUT2D eigenvalue weighted by Gasteiger charge is -2.15. The van der Waals surface area contributed by atoms with Gasteiger partial charge in [0.2, 0.25) is 5.91 Å². The second-order valence-corrected chi connectivity index (χ2v) is 9.34. The van der Waals surface area contributed by atoms with Crippen LogP contribution in [0.4, 0.5) is 0 Å². The van der Waals surface area contributed by atoms with Crippen molar-refractivity contribution in [1.82, 2.24) is 29.4 Å². The molecule has 0 spiro atoms. The van der Waals surface area contributed by atoms with Crippen LogP contribution in [0.3, 0.4) is 0 Å². The molecular weight excluding hydrogens is 472 g/mol. The number of aryl methyl sites for hydroxylation is 1. The van der Waals surface area contributed by atoms with Gasteiger partial charge in [-0.25, -0.2) is 9.36 Å². The van der Waals surface area contributed by atoms with Gasteiger partial charge >= 0.3 is 0 Å². The molecule has 0 fully saturated rings. The number of para-hydroxylation sites is 1. The number of hydrogen-bond donors (Lipinski definition) is 1. The number of benzene rings is 2. The molecule has 1 amide bonds. The van der Waals surface area contributed by atoms with Crippen LogP contribution in [0.5, 0.6) is 0 Å². The van der Waals surface area contributed by atoms with E-state index in [1.807, 2.05) is 89.9 Å². The average Bonchev–Trinajstić information content (AvgIpc) is 3.58. The highest BCUT2D eigenvalue weighted by Gasteiger charge is 2.25. The van der Waals surface area contributed by atoms with Crippen molar-refractivity contribution in [3.63, 3.8) is 0 Å². The van der Waals surface area contributed by atoms with Crippen LogP contribution in [-0.2, 0) is 11.3 Å². The first-order valence-electron chi connectivity index (χ1n) is 11.6. The molecule has 2 aromatic carbocycles. The van der Waals surface area contributed by atoms with Gasteiger partial charge in [0.05, 0.1) is 11.4 Å². The molecule has 0 aliphatic carbocycles. The van der Waals surface area contributed by atoms with Crippen molar-refractivity contribution >= 4 is 28.6 Å². The quantitative estimate of drug-likeness (QED) is 0.339. The lowest BCUT2D eigenvalue weighted by Crippen LogP contribution is -2.37. The molecule has 3 heterocycles. The SMILES string of the molecule is CSc1ccc(CNC(=O)[C@H](C)n2nc(C)c3nn(-c4ccccc4)c(-n4cccc4)c3c2=O)cc1. The van der Waals surface area contributed by atoms with Crippen molar-refractivity contribution in [3.05, 3.63) is 101 Å². The van der Waals surface area contributed by atoms with Gasteiger partial charge in [-0.15, -0.1) is 11.8 Å². The third-order valence-electron chi connectivity index (χ3n) is 6.11. The predicted octanol–water partition coefficient (Wildman–Crippen LogP) is 4.28. The van der Waals surface area contributed by atoms with E-state index >= 15 is 0 Å². The molecule has 1 atom stereocenters. The molecule has 0 bridgehead atoms. The monoisotopic (exact) mass is 498 g/mol. The Labute approximate surface area is 212 Å². The summed E-state index contributed by atoms with van der Waals surface area (Å²) in [6.45, 7) is 3.86. The van der Waals surface area contributed by atoms with Crippen LogP contribution >= 0.6 is 11.8 Å². The van der Waals surface area contributed by atoms with Gasteiger partial charge in [0, 0.05) is 23.8 Å². The number of thioether (sulfide) groups is 1. The summed E-state index contributed by atoms with van der Waals surface area (Å²) >= 11 is 1.67. The van der Waals surface area contributed by atoms with Crippen LogP contribution in [0.15, 0.2) is 88.8 Å². The van der Waals surface area contributed by atoms with Gasteiger partial charge in [0.1, 0.15) is 16.9 Å². The maximum absolute atomic E-state index is 13.8. The molecule has 1 N–H and O–H groups in total. The molecule has 36 heavy (non-hydrogen) atoms. The zero-order valence-corrected chi connectivity index (χ0v) is 21.1. The van der Waals surface area contributed by atoms with Crippen molar-refractivity contribution in [2.45, 2.75) is 31.3 Å². The number of aromatic nitrogens is 5. The van der Waals surface area contributed by atoms with Crippen LogP contribution in [0.2, 0.25) is 0 Å². The van der Waals surface area contributed by atoms with Gasteiger partial charge in [0.25, 0.3) is 5.56 Å². The van der Waals surface area contributed by atoms with Crippen LogP contribution in [0.25, 0.3) is 22.4 Å². The standard InChI is InChI=1S/C27H26N6O2S/c1-18-24-23(26(31-15-7-8-16-31)33(30-24)21-9-5-4-6-10-21)27(35)32(29-18)19(2)25(34)28-17-20-11-13-22(36-3)14-12-20/h4-16,19H,17H2,1-3H3,(H,28,34)/t19-/m0/s1. The molecule has 0 unspecified atom stereocenters. The highest BCUT2D eigenvalue weighted by molar-refractivity contribution is 7.98. The first-order chi connectivity index (χ1) is 17.5. The fraction of sp³-hybridized carbons (Fsp3) is 0.185. The Kier molecular flexibility index (Phi) is 6.47. The van der Waals surface area contributed by atoms with Gasteiger partial charge < -0.3 is 9.88 Å². The zero-order chi connectivity index (χ0) is 25.2. The maximum Gasteiger partial charge on any atom is 0.280 e. The Morgan fingerprint density at radius 3 is 2.36 bits per heavy atom. The van der Waals surface area contributed by atoms with E-state index < -0.39 is 6.04 Å². The number of rotatable bonds is 7. The van der Waals surface area contributed by atoms with Crippen LogP contribution in [0.1, 0.15) is 24.2 Å². The molecule has 0 saturated carbocycles. The lowest BCUT2D eigenvalue weighted by atomic mass is 10.2. The highest BCUT2D eigenvalue weighted by Crippen LogP contribution is 2.25. The molecule has 5 rings (SSSR count). The van der Waals surface area contributed by atoms with E-state index in [1.165, 1.54) is 4.68 Å². The summed E-state index contributed by atoms with van der Waals surface area (Å²) in [6.07, 6.45) is 5.76. The lowest BCUT2D eigenvalue weighted by molar-refractivity contribution is -0.124. The molecule has 8 nitrogen and oxygen atoms in total. The average molecular weight is 499 g/mol. The van der Waals surface area contributed by atoms with Gasteiger partial charge in [-0.2, -0.15) is 10.2 Å². The number of hydrogen-bond acceptors (Lipinski definition) is 5. The van der Waals surface area contributed by atoms with Crippen LogP contribution < -0.4 is 10.9 Å². The first kappa shape index (κ1) is 23.6. The molecule has 0 radical (unpaired) electrons. The summed E-state index contributed by atoms with van der Waals surface area (Å²) in [4.78, 5) is 28.0. The second-order valence-electron chi connectivity index (χ2n) is 8.46. The number of fused-ring (bicyclic) bond motifs is 1. The number of carbonyl (C=O) groups excluding carboxylic acids is 1. The largest absolute Gasteiger partial charge is 0.350 e. The minimum Gasteiger partial charge on any atom is -0.350 e. The third kappa shape index (κ3) is 4.33. The van der Waals surface area contributed by atoms with Crippen LogP contribution in [-0.4, -0.2) is 36.3 Å². The normalized spacial score (nSPS) is 12.1. The van der Waals surface area contributed by atoms with E-state index in [0.717, 1.165) is 16.1 Å². The molecule has 9 heteroatoms. The Bertz CT molecular complexity index is 1570. The van der Waals surface area contributed by atoms with Crippen molar-refractivity contribution < 1.29 is 4.79 Å². The van der Waals surface area contributed by atoms with Gasteiger partial charge in [-0.05, 0) is 62.1 Å². The smallest absolute Gasteiger partial charge is 0.280 e. The van der Waals surface area contributed by atoms with Crippen molar-refractivity contribution in [2.75, 3.05) is 6.26 Å². The van der Waals surface area contributed by atoms with E-state index in [-0.39, 0.29) is 11.5 Å². The Morgan fingerprint density at radius 2 is 1.69 bits per heavy atom. The zero-order valence-electron chi connectivity index (χ0n) is 20.3. The molecule has 3 aromatic heterocycles. The first-order valence-corrected chi connectivity index (χ1v) is 12.8. The topological polar surface area (TPSA) is 86.7 Å². The van der Waals surface area contributed by atoms with Crippen molar-refractivity contribution in [3.8, 4) is 11.5 Å². The highest BCUT2D eigenvalue weighted by atomic mass is 32.2. The van der Waals surface area contributed by atoms with E-state index in [4.69, 9.17) is 5.10 Å². The molecule has 0 aliphatic heterocycles. The van der Waals surface area contributed by atoms with E-state index in [2.05, 4.69) is 10.4 Å². The van der Waals surface area contributed by atoms with E-state index in [1.54, 1.807) is 30.3 Å². The minimum absolute atomic E-state index is 0.282. The summed E-state index contributed by atoms with van der Waals surface area (Å²) in [5.74, 6) is 0.321. The third-order valence-corrected chi connectivity index (χ3v) is 6.85. The molecular formula is C27H26N6O2S. The van der Waals surface area contributed by atoms with Crippen molar-refractivity contribution in [1.29, 1.82) is 0 Å². The van der Waals surface area contributed by atoms with Gasteiger partial charge in [-0.1, -0.05) is 30.3 Å². The van der Waals surface area contributed by atoms with E-state index in [9.17, 15) is 9.59 Å². The second kappa shape index (κ2) is 9.87. The summed E-state index contributed by atoms with van der Waals surface area (Å²) in [6, 6.07) is 20.6. The molecule has 5 aromatic rings. The predicted molar refractivity (Wildman–Crippen MR) is 142 cm³/mol. The Morgan fingerprint density at radius 1 is 1.00 bits per heavy atom. The van der Waals surface area contributed by atoms with Crippen LogP contribution in [0, 0.1) is 6.92 Å². The number of amides is 1.